The number of hydrogen-bond acceptors (Lipinski definition) is 3. The van der Waals surface area contributed by atoms with Crippen molar-refractivity contribution in [2.75, 3.05) is 7.11 Å². The van der Waals surface area contributed by atoms with Crippen LogP contribution in [0.25, 0.3) is 0 Å². The second-order valence-electron chi connectivity index (χ2n) is 2.92. The van der Waals surface area contributed by atoms with E-state index in [0.717, 1.165) is 25.7 Å². The number of aliphatic imine (C=N–C) groups is 1. The van der Waals surface area contributed by atoms with Gasteiger partial charge in [0.15, 0.2) is 0 Å². The Labute approximate surface area is 80.2 Å². The molecule has 3 heteroatoms. The summed E-state index contributed by atoms with van der Waals surface area (Å²) in [4.78, 5) is 15.3. The second kappa shape index (κ2) is 7.77. The topological polar surface area (TPSA) is 38.7 Å². The summed E-state index contributed by atoms with van der Waals surface area (Å²) in [6.45, 7) is 4.09. The van der Waals surface area contributed by atoms with Gasteiger partial charge in [-0.1, -0.05) is 26.7 Å². The van der Waals surface area contributed by atoms with Crippen LogP contribution >= 0.6 is 0 Å². The fourth-order valence-electron chi connectivity index (χ4n) is 1.02. The summed E-state index contributed by atoms with van der Waals surface area (Å²) in [6.07, 6.45) is 5.52. The Balaban J connectivity index is 4.02. The van der Waals surface area contributed by atoms with E-state index >= 15 is 0 Å². The number of ether oxygens (including phenoxy) is 1. The molecule has 3 nitrogen and oxygen atoms in total. The van der Waals surface area contributed by atoms with E-state index in [1.807, 2.05) is 6.92 Å². The molecule has 0 aromatic carbocycles. The highest BCUT2D eigenvalue weighted by Crippen LogP contribution is 2.06. The van der Waals surface area contributed by atoms with Gasteiger partial charge in [-0.05, 0) is 19.1 Å². The number of carbonyl (C=O) groups is 1. The SMILES string of the molecule is CCC=NC(CCCC)C(=O)OC. The van der Waals surface area contributed by atoms with Gasteiger partial charge >= 0.3 is 5.97 Å². The third-order valence-corrected chi connectivity index (χ3v) is 1.77. The molecule has 0 heterocycles. The minimum Gasteiger partial charge on any atom is -0.467 e. The zero-order valence-corrected chi connectivity index (χ0v) is 8.75. The van der Waals surface area contributed by atoms with Crippen LogP contribution in [0.1, 0.15) is 39.5 Å². The first-order valence-corrected chi connectivity index (χ1v) is 4.85. The summed E-state index contributed by atoms with van der Waals surface area (Å²) >= 11 is 0. The van der Waals surface area contributed by atoms with E-state index in [9.17, 15) is 4.79 Å². The Bertz CT molecular complexity index is 166. The van der Waals surface area contributed by atoms with Crippen LogP contribution in [0.4, 0.5) is 0 Å². The van der Waals surface area contributed by atoms with Crippen LogP contribution in [-0.4, -0.2) is 25.3 Å². The van der Waals surface area contributed by atoms with Gasteiger partial charge in [-0.2, -0.15) is 0 Å². The molecule has 0 amide bonds. The molecule has 0 aliphatic carbocycles. The van der Waals surface area contributed by atoms with Gasteiger partial charge < -0.3 is 4.74 Å². The molecule has 13 heavy (non-hydrogen) atoms. The minimum absolute atomic E-state index is 0.224. The highest BCUT2D eigenvalue weighted by Gasteiger charge is 2.15. The molecule has 0 bridgehead atoms. The van der Waals surface area contributed by atoms with Gasteiger partial charge in [0.05, 0.1) is 7.11 Å². The number of nitrogens with zero attached hydrogens (tertiary/aromatic N) is 1. The fourth-order valence-corrected chi connectivity index (χ4v) is 1.02. The molecule has 0 N–H and O–H groups in total. The number of unbranched alkanes of at least 4 members (excludes halogenated alkanes) is 1. The van der Waals surface area contributed by atoms with Gasteiger partial charge in [-0.3, -0.25) is 4.99 Å². The number of methoxy groups -OCH3 is 1. The predicted octanol–water partition coefficient (Wildman–Crippen LogP) is 2.20. The van der Waals surface area contributed by atoms with Crippen molar-refractivity contribution in [1.29, 1.82) is 0 Å². The van der Waals surface area contributed by atoms with Crippen LogP contribution in [0, 0.1) is 0 Å². The largest absolute Gasteiger partial charge is 0.467 e. The van der Waals surface area contributed by atoms with Gasteiger partial charge in [0, 0.05) is 0 Å². The normalized spacial score (nSPS) is 13.2. The average molecular weight is 185 g/mol. The summed E-state index contributed by atoms with van der Waals surface area (Å²) in [5.41, 5.74) is 0. The highest BCUT2D eigenvalue weighted by molar-refractivity contribution is 5.77. The number of rotatable bonds is 6. The maximum Gasteiger partial charge on any atom is 0.330 e. The van der Waals surface area contributed by atoms with E-state index in [0.29, 0.717) is 0 Å². The van der Waals surface area contributed by atoms with Crippen molar-refractivity contribution in [3.05, 3.63) is 0 Å². The summed E-state index contributed by atoms with van der Waals surface area (Å²) in [5.74, 6) is -0.224. The number of carbonyl (C=O) groups excluding carboxylic acids is 1. The summed E-state index contributed by atoms with van der Waals surface area (Å²) in [7, 11) is 1.41. The van der Waals surface area contributed by atoms with Gasteiger partial charge in [0.1, 0.15) is 6.04 Å². The zero-order valence-electron chi connectivity index (χ0n) is 8.75. The van der Waals surface area contributed by atoms with Crippen molar-refractivity contribution >= 4 is 12.2 Å². The van der Waals surface area contributed by atoms with Crippen molar-refractivity contribution in [3.8, 4) is 0 Å². The van der Waals surface area contributed by atoms with E-state index < -0.39 is 0 Å². The maximum absolute atomic E-state index is 11.2. The number of esters is 1. The molecule has 0 radical (unpaired) electrons. The van der Waals surface area contributed by atoms with Gasteiger partial charge in [0.25, 0.3) is 0 Å². The predicted molar refractivity (Wildman–Crippen MR) is 54.1 cm³/mol. The molecule has 0 saturated carbocycles. The Kier molecular flexibility index (Phi) is 7.26. The number of hydrogen-bond donors (Lipinski definition) is 0. The molecule has 0 aromatic rings. The van der Waals surface area contributed by atoms with Crippen molar-refractivity contribution < 1.29 is 9.53 Å². The Morgan fingerprint density at radius 1 is 1.54 bits per heavy atom. The first kappa shape index (κ1) is 12.1. The third kappa shape index (κ3) is 5.39. The smallest absolute Gasteiger partial charge is 0.330 e. The first-order valence-electron chi connectivity index (χ1n) is 4.85. The lowest BCUT2D eigenvalue weighted by atomic mass is 10.1. The van der Waals surface area contributed by atoms with E-state index in [1.165, 1.54) is 7.11 Å². The molecule has 0 aromatic heterocycles. The zero-order chi connectivity index (χ0) is 10.1. The molecular formula is C10H19NO2. The van der Waals surface area contributed by atoms with E-state index in [4.69, 9.17) is 0 Å². The monoisotopic (exact) mass is 185 g/mol. The van der Waals surface area contributed by atoms with Crippen molar-refractivity contribution in [2.45, 2.75) is 45.6 Å². The molecule has 0 aliphatic rings. The molecule has 1 unspecified atom stereocenters. The van der Waals surface area contributed by atoms with Crippen molar-refractivity contribution in [3.63, 3.8) is 0 Å². The average Bonchev–Trinajstić information content (AvgIpc) is 2.17. The lowest BCUT2D eigenvalue weighted by Crippen LogP contribution is -2.20. The van der Waals surface area contributed by atoms with Gasteiger partial charge in [-0.15, -0.1) is 0 Å². The van der Waals surface area contributed by atoms with Crippen LogP contribution in [0.5, 0.6) is 0 Å². The molecule has 0 saturated heterocycles. The van der Waals surface area contributed by atoms with Crippen molar-refractivity contribution in [2.24, 2.45) is 4.99 Å². The van der Waals surface area contributed by atoms with Crippen LogP contribution in [0.3, 0.4) is 0 Å². The van der Waals surface area contributed by atoms with Crippen LogP contribution < -0.4 is 0 Å². The first-order chi connectivity index (χ1) is 6.26. The Morgan fingerprint density at radius 2 is 2.23 bits per heavy atom. The molecule has 1 atom stereocenters. The Hall–Kier alpha value is -0.860. The molecule has 0 spiro atoms. The van der Waals surface area contributed by atoms with Gasteiger partial charge in [-0.25, -0.2) is 4.79 Å². The van der Waals surface area contributed by atoms with E-state index in [-0.39, 0.29) is 12.0 Å². The molecule has 0 aliphatic heterocycles. The minimum atomic E-state index is -0.287. The molecular weight excluding hydrogens is 166 g/mol. The summed E-state index contributed by atoms with van der Waals surface area (Å²) in [5, 5.41) is 0. The van der Waals surface area contributed by atoms with Crippen molar-refractivity contribution in [1.82, 2.24) is 0 Å². The standard InChI is InChI=1S/C10H19NO2/c1-4-6-7-9(10(12)13-3)11-8-5-2/h8-9H,4-7H2,1-3H3. The molecule has 76 valence electrons. The summed E-state index contributed by atoms with van der Waals surface area (Å²) < 4.78 is 4.65. The van der Waals surface area contributed by atoms with Crippen LogP contribution in [-0.2, 0) is 9.53 Å². The lowest BCUT2D eigenvalue weighted by Gasteiger charge is -2.08. The highest BCUT2D eigenvalue weighted by atomic mass is 16.5. The van der Waals surface area contributed by atoms with Crippen LogP contribution in [0.15, 0.2) is 4.99 Å². The van der Waals surface area contributed by atoms with Gasteiger partial charge in [0.2, 0.25) is 0 Å². The lowest BCUT2D eigenvalue weighted by molar-refractivity contribution is -0.142. The quantitative estimate of drug-likeness (QED) is 0.470. The van der Waals surface area contributed by atoms with Crippen LogP contribution in [0.2, 0.25) is 0 Å². The fraction of sp³-hybridized carbons (Fsp3) is 0.800. The van der Waals surface area contributed by atoms with E-state index in [2.05, 4.69) is 16.7 Å². The third-order valence-electron chi connectivity index (χ3n) is 1.77. The summed E-state index contributed by atoms with van der Waals surface area (Å²) in [6, 6.07) is -0.287. The second-order valence-corrected chi connectivity index (χ2v) is 2.92. The molecule has 0 fully saturated rings. The van der Waals surface area contributed by atoms with E-state index in [1.54, 1.807) is 6.21 Å². The maximum atomic E-state index is 11.2. The Morgan fingerprint density at radius 3 is 2.69 bits per heavy atom. The molecule has 0 rings (SSSR count).